The maximum Gasteiger partial charge on any atom is 0.291 e. The molecule has 0 fully saturated rings. The average molecular weight is 460 g/mol. The third-order valence-electron chi connectivity index (χ3n) is 4.29. The van der Waals surface area contributed by atoms with E-state index in [1.807, 2.05) is 0 Å². The van der Waals surface area contributed by atoms with Crippen molar-refractivity contribution in [3.63, 3.8) is 0 Å². The van der Waals surface area contributed by atoms with Crippen LogP contribution in [0.25, 0.3) is 0 Å². The van der Waals surface area contributed by atoms with Gasteiger partial charge >= 0.3 is 0 Å². The van der Waals surface area contributed by atoms with E-state index in [-0.39, 0.29) is 24.0 Å². The van der Waals surface area contributed by atoms with E-state index in [9.17, 15) is 14.4 Å². The molecule has 2 aromatic carbocycles. The summed E-state index contributed by atoms with van der Waals surface area (Å²) in [6, 6.07) is 14.1. The van der Waals surface area contributed by atoms with E-state index in [4.69, 9.17) is 27.6 Å². The summed E-state index contributed by atoms with van der Waals surface area (Å²) in [6.45, 7) is 1.38. The van der Waals surface area contributed by atoms with Crippen molar-refractivity contribution in [2.24, 2.45) is 0 Å². The Morgan fingerprint density at radius 3 is 2.29 bits per heavy atom. The van der Waals surface area contributed by atoms with Crippen LogP contribution in [-0.4, -0.2) is 17.7 Å². The zero-order valence-corrected chi connectivity index (χ0v) is 18.0. The van der Waals surface area contributed by atoms with E-state index >= 15 is 0 Å². The minimum absolute atomic E-state index is 0.0323. The highest BCUT2D eigenvalue weighted by atomic mass is 35.5. The molecule has 0 aliphatic carbocycles. The van der Waals surface area contributed by atoms with Crippen molar-refractivity contribution in [3.05, 3.63) is 82.2 Å². The molecule has 3 rings (SSSR count). The van der Waals surface area contributed by atoms with Crippen LogP contribution in [-0.2, 0) is 9.59 Å². The molecule has 31 heavy (non-hydrogen) atoms. The van der Waals surface area contributed by atoms with Crippen molar-refractivity contribution in [2.45, 2.75) is 19.4 Å². The van der Waals surface area contributed by atoms with Gasteiger partial charge in [0.25, 0.3) is 5.91 Å². The number of hydrogen-bond donors (Lipinski definition) is 3. The van der Waals surface area contributed by atoms with Gasteiger partial charge < -0.3 is 20.4 Å². The van der Waals surface area contributed by atoms with Gasteiger partial charge in [0, 0.05) is 17.0 Å². The van der Waals surface area contributed by atoms with E-state index in [1.165, 1.54) is 25.3 Å². The number of hydrogen-bond acceptors (Lipinski definition) is 4. The Morgan fingerprint density at radius 1 is 0.935 bits per heavy atom. The first kappa shape index (κ1) is 22.4. The number of benzene rings is 2. The van der Waals surface area contributed by atoms with Crippen LogP contribution < -0.4 is 16.0 Å². The predicted octanol–water partition coefficient (Wildman–Crippen LogP) is 5.04. The van der Waals surface area contributed by atoms with Gasteiger partial charge in [-0.15, -0.1) is 0 Å². The highest BCUT2D eigenvalue weighted by Gasteiger charge is 2.19. The summed E-state index contributed by atoms with van der Waals surface area (Å²) < 4.78 is 5.08. The molecule has 1 heterocycles. The molecule has 0 spiro atoms. The summed E-state index contributed by atoms with van der Waals surface area (Å²) in [6.07, 6.45) is 1.35. The molecule has 0 aliphatic heterocycles. The Bertz CT molecular complexity index is 1080. The molecule has 0 bridgehead atoms. The summed E-state index contributed by atoms with van der Waals surface area (Å²) >= 11 is 12.0. The van der Waals surface area contributed by atoms with Gasteiger partial charge in [-0.3, -0.25) is 14.4 Å². The van der Waals surface area contributed by atoms with Gasteiger partial charge in [-0.2, -0.15) is 0 Å². The summed E-state index contributed by atoms with van der Waals surface area (Å²) in [5.74, 6) is -1.01. The SMILES string of the molecule is CC(=O)NC(CC(=O)Nc1ccc(Cl)cc1NC(=O)c1ccco1)c1ccc(Cl)cc1. The topological polar surface area (TPSA) is 100 Å². The molecule has 0 aliphatic rings. The van der Waals surface area contributed by atoms with Gasteiger partial charge in [-0.1, -0.05) is 35.3 Å². The predicted molar refractivity (Wildman–Crippen MR) is 119 cm³/mol. The first-order valence-corrected chi connectivity index (χ1v) is 10.0. The number of amides is 3. The van der Waals surface area contributed by atoms with Crippen molar-refractivity contribution >= 4 is 52.3 Å². The lowest BCUT2D eigenvalue weighted by atomic mass is 10.0. The molecular weight excluding hydrogens is 441 g/mol. The highest BCUT2D eigenvalue weighted by molar-refractivity contribution is 6.31. The van der Waals surface area contributed by atoms with E-state index in [1.54, 1.807) is 42.5 Å². The molecule has 3 N–H and O–H groups in total. The number of rotatable bonds is 7. The minimum atomic E-state index is -0.553. The molecule has 160 valence electrons. The zero-order valence-electron chi connectivity index (χ0n) is 16.4. The van der Waals surface area contributed by atoms with E-state index < -0.39 is 11.9 Å². The van der Waals surface area contributed by atoms with Crippen molar-refractivity contribution in [2.75, 3.05) is 10.6 Å². The Hall–Kier alpha value is -3.29. The van der Waals surface area contributed by atoms with Crippen LogP contribution in [0.1, 0.15) is 35.5 Å². The lowest BCUT2D eigenvalue weighted by Gasteiger charge is -2.19. The second kappa shape index (κ2) is 10.1. The Morgan fingerprint density at radius 2 is 1.65 bits per heavy atom. The molecule has 7 nitrogen and oxygen atoms in total. The summed E-state index contributed by atoms with van der Waals surface area (Å²) in [7, 11) is 0. The average Bonchev–Trinajstić information content (AvgIpc) is 3.25. The van der Waals surface area contributed by atoms with Crippen molar-refractivity contribution in [1.29, 1.82) is 0 Å². The normalized spacial score (nSPS) is 11.5. The van der Waals surface area contributed by atoms with Crippen LogP contribution >= 0.6 is 23.2 Å². The van der Waals surface area contributed by atoms with Crippen LogP contribution in [0, 0.1) is 0 Å². The van der Waals surface area contributed by atoms with E-state index in [0.29, 0.717) is 21.4 Å². The lowest BCUT2D eigenvalue weighted by molar-refractivity contribution is -0.120. The number of nitrogens with one attached hydrogen (secondary N) is 3. The van der Waals surface area contributed by atoms with Crippen LogP contribution in [0.2, 0.25) is 10.0 Å². The Balaban J connectivity index is 1.76. The maximum absolute atomic E-state index is 12.7. The molecule has 1 aromatic heterocycles. The number of carbonyl (C=O) groups excluding carboxylic acids is 3. The van der Waals surface area contributed by atoms with Crippen LogP contribution in [0.5, 0.6) is 0 Å². The second-order valence-corrected chi connectivity index (χ2v) is 7.55. The first-order chi connectivity index (χ1) is 14.8. The molecule has 0 radical (unpaired) electrons. The lowest BCUT2D eigenvalue weighted by Crippen LogP contribution is -2.30. The van der Waals surface area contributed by atoms with Crippen LogP contribution in [0.15, 0.2) is 65.3 Å². The standard InChI is InChI=1S/C22H19Cl2N3O4/c1-13(28)25-18(14-4-6-15(23)7-5-14)12-21(29)26-17-9-8-16(24)11-19(17)27-22(30)20-3-2-10-31-20/h2-11,18H,12H2,1H3,(H,25,28)(H,26,29)(H,27,30). The van der Waals surface area contributed by atoms with Gasteiger partial charge in [0.2, 0.25) is 11.8 Å². The zero-order chi connectivity index (χ0) is 22.4. The minimum Gasteiger partial charge on any atom is -0.459 e. The van der Waals surface area contributed by atoms with Crippen molar-refractivity contribution < 1.29 is 18.8 Å². The molecule has 0 saturated heterocycles. The smallest absolute Gasteiger partial charge is 0.291 e. The Labute approximate surface area is 188 Å². The fourth-order valence-corrected chi connectivity index (χ4v) is 3.20. The maximum atomic E-state index is 12.7. The fraction of sp³-hybridized carbons (Fsp3) is 0.136. The molecule has 9 heteroatoms. The molecule has 1 atom stereocenters. The highest BCUT2D eigenvalue weighted by Crippen LogP contribution is 2.28. The Kier molecular flexibility index (Phi) is 7.33. The van der Waals surface area contributed by atoms with Gasteiger partial charge in [0.05, 0.1) is 30.1 Å². The molecule has 3 aromatic rings. The summed E-state index contributed by atoms with van der Waals surface area (Å²) in [5, 5.41) is 9.11. The number of halogens is 2. The van der Waals surface area contributed by atoms with E-state index in [2.05, 4.69) is 16.0 Å². The second-order valence-electron chi connectivity index (χ2n) is 6.68. The van der Waals surface area contributed by atoms with Crippen molar-refractivity contribution in [3.8, 4) is 0 Å². The van der Waals surface area contributed by atoms with E-state index in [0.717, 1.165) is 5.56 Å². The third kappa shape index (κ3) is 6.34. The monoisotopic (exact) mass is 459 g/mol. The van der Waals surface area contributed by atoms with Crippen molar-refractivity contribution in [1.82, 2.24) is 5.32 Å². The van der Waals surface area contributed by atoms with Crippen LogP contribution in [0.3, 0.4) is 0 Å². The van der Waals surface area contributed by atoms with Gasteiger partial charge in [0.15, 0.2) is 5.76 Å². The molecule has 3 amide bonds. The first-order valence-electron chi connectivity index (χ1n) is 9.28. The van der Waals surface area contributed by atoms with Crippen LogP contribution in [0.4, 0.5) is 11.4 Å². The number of anilines is 2. The summed E-state index contributed by atoms with van der Waals surface area (Å²) in [5.41, 5.74) is 1.40. The molecule has 1 unspecified atom stereocenters. The number of carbonyl (C=O) groups is 3. The van der Waals surface area contributed by atoms with Gasteiger partial charge in [-0.25, -0.2) is 0 Å². The summed E-state index contributed by atoms with van der Waals surface area (Å²) in [4.78, 5) is 36.7. The van der Waals surface area contributed by atoms with Gasteiger partial charge in [-0.05, 0) is 48.0 Å². The number of furan rings is 1. The largest absolute Gasteiger partial charge is 0.459 e. The quantitative estimate of drug-likeness (QED) is 0.460. The van der Waals surface area contributed by atoms with Gasteiger partial charge in [0.1, 0.15) is 0 Å². The fourth-order valence-electron chi connectivity index (χ4n) is 2.90. The molecule has 0 saturated carbocycles. The third-order valence-corrected chi connectivity index (χ3v) is 4.78. The molecular formula is C22H19Cl2N3O4.